The highest BCUT2D eigenvalue weighted by Crippen LogP contribution is 2.14. The van der Waals surface area contributed by atoms with E-state index in [9.17, 15) is 4.79 Å². The number of nitrogens with one attached hydrogen (secondary N) is 1. The number of ether oxygens (including phenoxy) is 1. The predicted octanol–water partition coefficient (Wildman–Crippen LogP) is 1.26. The summed E-state index contributed by atoms with van der Waals surface area (Å²) in [6.07, 6.45) is 4.00. The van der Waals surface area contributed by atoms with Gasteiger partial charge in [-0.25, -0.2) is 0 Å². The molecule has 0 aromatic carbocycles. The van der Waals surface area contributed by atoms with Gasteiger partial charge in [0.2, 0.25) is 0 Å². The Kier molecular flexibility index (Phi) is 7.21. The Labute approximate surface area is 105 Å². The van der Waals surface area contributed by atoms with Gasteiger partial charge in [0.15, 0.2) is 0 Å². The third kappa shape index (κ3) is 6.64. The molecule has 1 N–H and O–H groups in total. The number of carbonyl (C=O) groups excluding carboxylic acids is 1. The van der Waals surface area contributed by atoms with Crippen molar-refractivity contribution in [2.24, 2.45) is 5.92 Å². The van der Waals surface area contributed by atoms with Crippen LogP contribution in [0.15, 0.2) is 0 Å². The molecular formula is C13H26N2O2. The lowest BCUT2D eigenvalue weighted by Gasteiger charge is -2.29. The molecule has 0 aromatic rings. The summed E-state index contributed by atoms with van der Waals surface area (Å²) in [5, 5.41) is 3.44. The van der Waals surface area contributed by atoms with E-state index in [0.29, 0.717) is 13.0 Å². The van der Waals surface area contributed by atoms with Gasteiger partial charge in [-0.05, 0) is 65.3 Å². The summed E-state index contributed by atoms with van der Waals surface area (Å²) >= 11 is 0. The number of nitrogens with zero attached hydrogens (tertiary/aromatic N) is 1. The average Bonchev–Trinajstić information content (AvgIpc) is 2.31. The van der Waals surface area contributed by atoms with Gasteiger partial charge in [0.25, 0.3) is 0 Å². The van der Waals surface area contributed by atoms with E-state index in [-0.39, 0.29) is 5.97 Å². The molecule has 1 heterocycles. The molecule has 0 radical (unpaired) electrons. The number of hydrogen-bond acceptors (Lipinski definition) is 4. The molecule has 1 saturated heterocycles. The number of piperidine rings is 1. The smallest absolute Gasteiger partial charge is 0.305 e. The van der Waals surface area contributed by atoms with Gasteiger partial charge in [0, 0.05) is 6.42 Å². The van der Waals surface area contributed by atoms with Crippen LogP contribution in [0.1, 0.15) is 32.6 Å². The summed E-state index contributed by atoms with van der Waals surface area (Å²) in [5.41, 5.74) is 0. The standard InChI is InChI=1S/C13H26N2O2/c1-3-17-13(16)5-4-8-14-11-12-6-9-15(2)10-7-12/h12,14H,3-11H2,1-2H3. The molecule has 0 amide bonds. The minimum absolute atomic E-state index is 0.0754. The Morgan fingerprint density at radius 2 is 2.12 bits per heavy atom. The molecule has 1 rings (SSSR count). The fourth-order valence-corrected chi connectivity index (χ4v) is 2.16. The van der Waals surface area contributed by atoms with Gasteiger partial charge in [0.1, 0.15) is 0 Å². The molecule has 0 saturated carbocycles. The largest absolute Gasteiger partial charge is 0.466 e. The highest BCUT2D eigenvalue weighted by Gasteiger charge is 2.15. The first kappa shape index (κ1) is 14.5. The molecule has 4 nitrogen and oxygen atoms in total. The lowest BCUT2D eigenvalue weighted by atomic mass is 9.97. The summed E-state index contributed by atoms with van der Waals surface area (Å²) in [5.74, 6) is 0.738. The second-order valence-electron chi connectivity index (χ2n) is 4.86. The maximum atomic E-state index is 11.1. The topological polar surface area (TPSA) is 41.6 Å². The first-order valence-electron chi connectivity index (χ1n) is 6.77. The SMILES string of the molecule is CCOC(=O)CCCNCC1CCN(C)CC1. The van der Waals surface area contributed by atoms with Gasteiger partial charge in [-0.2, -0.15) is 0 Å². The fourth-order valence-electron chi connectivity index (χ4n) is 2.16. The Morgan fingerprint density at radius 1 is 1.41 bits per heavy atom. The highest BCUT2D eigenvalue weighted by molar-refractivity contribution is 5.69. The summed E-state index contributed by atoms with van der Waals surface area (Å²) in [4.78, 5) is 13.5. The molecule has 0 atom stereocenters. The van der Waals surface area contributed by atoms with Crippen molar-refractivity contribution in [3.8, 4) is 0 Å². The van der Waals surface area contributed by atoms with Crippen molar-refractivity contribution in [3.05, 3.63) is 0 Å². The van der Waals surface area contributed by atoms with Crippen molar-refractivity contribution in [2.45, 2.75) is 32.6 Å². The quantitative estimate of drug-likeness (QED) is 0.539. The lowest BCUT2D eigenvalue weighted by Crippen LogP contribution is -2.35. The maximum Gasteiger partial charge on any atom is 0.305 e. The minimum atomic E-state index is -0.0754. The lowest BCUT2D eigenvalue weighted by molar-refractivity contribution is -0.143. The van der Waals surface area contributed by atoms with Crippen molar-refractivity contribution in [1.82, 2.24) is 10.2 Å². The van der Waals surface area contributed by atoms with Gasteiger partial charge < -0.3 is 15.0 Å². The van der Waals surface area contributed by atoms with Crippen LogP contribution in [0.4, 0.5) is 0 Å². The predicted molar refractivity (Wildman–Crippen MR) is 69.0 cm³/mol. The molecule has 0 aliphatic carbocycles. The van der Waals surface area contributed by atoms with Crippen LogP contribution in [0.3, 0.4) is 0 Å². The molecule has 4 heteroatoms. The zero-order valence-corrected chi connectivity index (χ0v) is 11.2. The van der Waals surface area contributed by atoms with Gasteiger partial charge in [-0.15, -0.1) is 0 Å². The fraction of sp³-hybridized carbons (Fsp3) is 0.923. The van der Waals surface area contributed by atoms with Crippen molar-refractivity contribution < 1.29 is 9.53 Å². The molecule has 1 aliphatic heterocycles. The zero-order valence-electron chi connectivity index (χ0n) is 11.2. The molecular weight excluding hydrogens is 216 g/mol. The molecule has 0 unspecified atom stereocenters. The van der Waals surface area contributed by atoms with Crippen LogP contribution < -0.4 is 5.32 Å². The van der Waals surface area contributed by atoms with Crippen LogP contribution in [0.5, 0.6) is 0 Å². The van der Waals surface area contributed by atoms with Crippen LogP contribution in [0.2, 0.25) is 0 Å². The van der Waals surface area contributed by atoms with Gasteiger partial charge in [-0.1, -0.05) is 0 Å². The van der Waals surface area contributed by atoms with E-state index >= 15 is 0 Å². The van der Waals surface area contributed by atoms with Crippen molar-refractivity contribution >= 4 is 5.97 Å². The monoisotopic (exact) mass is 242 g/mol. The first-order valence-corrected chi connectivity index (χ1v) is 6.77. The Morgan fingerprint density at radius 3 is 2.76 bits per heavy atom. The molecule has 100 valence electrons. The van der Waals surface area contributed by atoms with Crippen molar-refractivity contribution in [1.29, 1.82) is 0 Å². The molecule has 1 aliphatic rings. The number of hydrogen-bond donors (Lipinski definition) is 1. The van der Waals surface area contributed by atoms with Gasteiger partial charge in [0.05, 0.1) is 6.61 Å². The van der Waals surface area contributed by atoms with E-state index in [1.165, 1.54) is 25.9 Å². The van der Waals surface area contributed by atoms with Crippen LogP contribution in [-0.4, -0.2) is 50.7 Å². The summed E-state index contributed by atoms with van der Waals surface area (Å²) in [6, 6.07) is 0. The first-order chi connectivity index (χ1) is 8.22. The Hall–Kier alpha value is -0.610. The van der Waals surface area contributed by atoms with Gasteiger partial charge >= 0.3 is 5.97 Å². The zero-order chi connectivity index (χ0) is 12.5. The average molecular weight is 242 g/mol. The minimum Gasteiger partial charge on any atom is -0.466 e. The molecule has 1 fully saturated rings. The number of esters is 1. The second kappa shape index (κ2) is 8.48. The van der Waals surface area contributed by atoms with Crippen LogP contribution >= 0.6 is 0 Å². The number of rotatable bonds is 7. The highest BCUT2D eigenvalue weighted by atomic mass is 16.5. The molecule has 17 heavy (non-hydrogen) atoms. The van der Waals surface area contributed by atoms with E-state index in [2.05, 4.69) is 17.3 Å². The van der Waals surface area contributed by atoms with E-state index in [1.54, 1.807) is 0 Å². The van der Waals surface area contributed by atoms with E-state index in [1.807, 2.05) is 6.92 Å². The van der Waals surface area contributed by atoms with Gasteiger partial charge in [-0.3, -0.25) is 4.79 Å². The maximum absolute atomic E-state index is 11.1. The van der Waals surface area contributed by atoms with Crippen LogP contribution in [0.25, 0.3) is 0 Å². The van der Waals surface area contributed by atoms with Crippen LogP contribution in [0, 0.1) is 5.92 Å². The molecule has 0 aromatic heterocycles. The van der Waals surface area contributed by atoms with Crippen molar-refractivity contribution in [3.63, 3.8) is 0 Å². The number of likely N-dealkylation sites (tertiary alicyclic amines) is 1. The Balaban J connectivity index is 1.92. The second-order valence-corrected chi connectivity index (χ2v) is 4.86. The summed E-state index contributed by atoms with van der Waals surface area (Å²) in [6.45, 7) is 6.78. The Bertz CT molecular complexity index is 213. The summed E-state index contributed by atoms with van der Waals surface area (Å²) < 4.78 is 4.88. The third-order valence-electron chi connectivity index (χ3n) is 3.31. The number of carbonyl (C=O) groups is 1. The normalized spacial score (nSPS) is 18.2. The summed E-state index contributed by atoms with van der Waals surface area (Å²) in [7, 11) is 2.18. The molecule has 0 bridgehead atoms. The van der Waals surface area contributed by atoms with Crippen LogP contribution in [-0.2, 0) is 9.53 Å². The molecule has 0 spiro atoms. The van der Waals surface area contributed by atoms with E-state index < -0.39 is 0 Å². The van der Waals surface area contributed by atoms with Crippen molar-refractivity contribution in [2.75, 3.05) is 39.8 Å². The van der Waals surface area contributed by atoms with E-state index in [0.717, 1.165) is 25.4 Å². The van der Waals surface area contributed by atoms with E-state index in [4.69, 9.17) is 4.74 Å². The third-order valence-corrected chi connectivity index (χ3v) is 3.31.